The lowest BCUT2D eigenvalue weighted by molar-refractivity contribution is 0.0783. The Kier molecular flexibility index (Phi) is 3.97. The molecule has 5 heteroatoms. The van der Waals surface area contributed by atoms with Crippen LogP contribution < -0.4 is 5.32 Å². The third kappa shape index (κ3) is 2.50. The maximum atomic E-state index is 12.8. The molecule has 1 aromatic rings. The number of hydrogen-bond donors (Lipinski definition) is 1. The average Bonchev–Trinajstić information content (AvgIpc) is 2.88. The maximum absolute atomic E-state index is 12.8. The number of rotatable bonds is 3. The van der Waals surface area contributed by atoms with Crippen LogP contribution in [0.5, 0.6) is 0 Å². The lowest BCUT2D eigenvalue weighted by atomic mass is 9.87. The molecule has 0 aliphatic carbocycles. The molecule has 0 spiro atoms. The minimum atomic E-state index is -3.50. The largest absolute Gasteiger partial charge is 0.361 e. The molecule has 4 nitrogen and oxygen atoms in total. The molecule has 1 heterocycles. The van der Waals surface area contributed by atoms with Gasteiger partial charge in [-0.15, -0.1) is 0 Å². The first kappa shape index (κ1) is 15.5. The Bertz CT molecular complexity index is 564. The zero-order chi connectivity index (χ0) is 15.0. The predicted molar refractivity (Wildman–Crippen MR) is 79.6 cm³/mol. The van der Waals surface area contributed by atoms with Crippen LogP contribution in [0.4, 0.5) is 0 Å². The van der Waals surface area contributed by atoms with E-state index in [9.17, 15) is 8.42 Å². The van der Waals surface area contributed by atoms with Crippen molar-refractivity contribution in [3.63, 3.8) is 0 Å². The van der Waals surface area contributed by atoms with E-state index in [1.807, 2.05) is 12.1 Å². The number of benzene rings is 1. The van der Waals surface area contributed by atoms with E-state index < -0.39 is 14.8 Å². The first-order chi connectivity index (χ1) is 9.23. The molecule has 1 saturated heterocycles. The highest BCUT2D eigenvalue weighted by atomic mass is 32.2. The molecule has 0 radical (unpaired) electrons. The van der Waals surface area contributed by atoms with Gasteiger partial charge in [0.15, 0.2) is 4.93 Å². The smallest absolute Gasteiger partial charge is 0.209 e. The van der Waals surface area contributed by atoms with Crippen LogP contribution >= 0.6 is 0 Å². The SMILES string of the molecule is CO[C@@]1(S(=O)(=O)c2ccc(C(C)(C)C)cc2)CCNC1. The van der Waals surface area contributed by atoms with Crippen LogP contribution in [-0.2, 0) is 20.0 Å². The molecule has 1 aliphatic heterocycles. The maximum Gasteiger partial charge on any atom is 0.209 e. The van der Waals surface area contributed by atoms with E-state index in [1.165, 1.54) is 7.11 Å². The van der Waals surface area contributed by atoms with Crippen molar-refractivity contribution in [3.05, 3.63) is 29.8 Å². The number of sulfone groups is 1. The van der Waals surface area contributed by atoms with Crippen molar-refractivity contribution in [1.29, 1.82) is 0 Å². The van der Waals surface area contributed by atoms with Crippen LogP contribution in [0.25, 0.3) is 0 Å². The molecular weight excluding hydrogens is 274 g/mol. The van der Waals surface area contributed by atoms with Gasteiger partial charge in [0.2, 0.25) is 9.84 Å². The number of hydrogen-bond acceptors (Lipinski definition) is 4. The Morgan fingerprint density at radius 3 is 2.20 bits per heavy atom. The molecule has 1 aliphatic rings. The zero-order valence-corrected chi connectivity index (χ0v) is 13.4. The predicted octanol–water partition coefficient (Wildman–Crippen LogP) is 2.09. The van der Waals surface area contributed by atoms with E-state index in [4.69, 9.17) is 4.74 Å². The highest BCUT2D eigenvalue weighted by molar-refractivity contribution is 7.92. The van der Waals surface area contributed by atoms with E-state index in [-0.39, 0.29) is 5.41 Å². The minimum absolute atomic E-state index is 0.0101. The molecular formula is C15H23NO3S. The molecule has 1 atom stereocenters. The second kappa shape index (κ2) is 5.13. The van der Waals surface area contributed by atoms with Gasteiger partial charge < -0.3 is 10.1 Å². The summed E-state index contributed by atoms with van der Waals surface area (Å²) in [5, 5.41) is 3.07. The molecule has 112 valence electrons. The summed E-state index contributed by atoms with van der Waals surface area (Å²) in [6.45, 7) is 7.32. The van der Waals surface area contributed by atoms with E-state index in [1.54, 1.807) is 12.1 Å². The van der Waals surface area contributed by atoms with Crippen molar-refractivity contribution in [3.8, 4) is 0 Å². The van der Waals surface area contributed by atoms with Gasteiger partial charge in [-0.05, 0) is 29.7 Å². The van der Waals surface area contributed by atoms with Crippen molar-refractivity contribution in [2.24, 2.45) is 0 Å². The van der Waals surface area contributed by atoms with Crippen molar-refractivity contribution in [2.75, 3.05) is 20.2 Å². The van der Waals surface area contributed by atoms with Crippen LogP contribution in [-0.4, -0.2) is 33.6 Å². The van der Waals surface area contributed by atoms with Crippen LogP contribution in [0.15, 0.2) is 29.2 Å². The van der Waals surface area contributed by atoms with E-state index in [0.717, 1.165) is 5.56 Å². The van der Waals surface area contributed by atoms with Gasteiger partial charge in [-0.25, -0.2) is 8.42 Å². The lowest BCUT2D eigenvalue weighted by Gasteiger charge is -2.27. The molecule has 2 rings (SSSR count). The molecule has 0 aromatic heterocycles. The average molecular weight is 297 g/mol. The quantitative estimate of drug-likeness (QED) is 0.928. The number of ether oxygens (including phenoxy) is 1. The molecule has 1 fully saturated rings. The van der Waals surface area contributed by atoms with Crippen molar-refractivity contribution in [1.82, 2.24) is 5.32 Å². The van der Waals surface area contributed by atoms with Crippen LogP contribution in [0, 0.1) is 0 Å². The summed E-state index contributed by atoms with van der Waals surface area (Å²) in [6, 6.07) is 7.15. The molecule has 20 heavy (non-hydrogen) atoms. The van der Waals surface area contributed by atoms with Crippen LogP contribution in [0.1, 0.15) is 32.8 Å². The Balaban J connectivity index is 2.40. The Hall–Kier alpha value is -0.910. The summed E-state index contributed by atoms with van der Waals surface area (Å²) >= 11 is 0. The summed E-state index contributed by atoms with van der Waals surface area (Å²) in [5.41, 5.74) is 1.13. The second-order valence-electron chi connectivity index (χ2n) is 6.32. The molecule has 0 bridgehead atoms. The summed E-state index contributed by atoms with van der Waals surface area (Å²) in [7, 11) is -2.03. The topological polar surface area (TPSA) is 55.4 Å². The summed E-state index contributed by atoms with van der Waals surface area (Å²) < 4.78 is 30.9. The molecule has 0 saturated carbocycles. The van der Waals surface area contributed by atoms with E-state index in [2.05, 4.69) is 26.1 Å². The zero-order valence-electron chi connectivity index (χ0n) is 12.6. The van der Waals surface area contributed by atoms with Crippen molar-refractivity contribution >= 4 is 9.84 Å². The standard InChI is InChI=1S/C15H23NO3S/c1-14(2,3)12-5-7-13(8-6-12)20(17,18)15(19-4)9-10-16-11-15/h5-8,16H,9-11H2,1-4H3/t15-/m1/s1. The van der Waals surface area contributed by atoms with Crippen LogP contribution in [0.3, 0.4) is 0 Å². The number of methoxy groups -OCH3 is 1. The van der Waals surface area contributed by atoms with Gasteiger partial charge in [0.05, 0.1) is 4.90 Å². The minimum Gasteiger partial charge on any atom is -0.361 e. The Morgan fingerprint density at radius 2 is 1.80 bits per heavy atom. The van der Waals surface area contributed by atoms with E-state index >= 15 is 0 Å². The van der Waals surface area contributed by atoms with Gasteiger partial charge in [0.1, 0.15) is 0 Å². The molecule has 0 unspecified atom stereocenters. The second-order valence-corrected chi connectivity index (χ2v) is 8.54. The summed E-state index contributed by atoms with van der Waals surface area (Å²) in [6.07, 6.45) is 0.479. The first-order valence-electron chi connectivity index (χ1n) is 6.84. The monoisotopic (exact) mass is 297 g/mol. The van der Waals surface area contributed by atoms with E-state index in [0.29, 0.717) is 24.4 Å². The third-order valence-electron chi connectivity index (χ3n) is 3.97. The normalized spacial score (nSPS) is 24.0. The van der Waals surface area contributed by atoms with Crippen molar-refractivity contribution < 1.29 is 13.2 Å². The third-order valence-corrected chi connectivity index (χ3v) is 6.36. The molecule has 0 amide bonds. The van der Waals surface area contributed by atoms with Crippen molar-refractivity contribution in [2.45, 2.75) is 42.4 Å². The summed E-state index contributed by atoms with van der Waals surface area (Å²) in [5.74, 6) is 0. The first-order valence-corrected chi connectivity index (χ1v) is 8.32. The Morgan fingerprint density at radius 1 is 1.20 bits per heavy atom. The van der Waals surface area contributed by atoms with Gasteiger partial charge in [-0.3, -0.25) is 0 Å². The lowest BCUT2D eigenvalue weighted by Crippen LogP contribution is -2.42. The van der Waals surface area contributed by atoms with Gasteiger partial charge in [-0.1, -0.05) is 32.9 Å². The fourth-order valence-corrected chi connectivity index (χ4v) is 4.31. The summed E-state index contributed by atoms with van der Waals surface area (Å²) in [4.78, 5) is -0.799. The fraction of sp³-hybridized carbons (Fsp3) is 0.600. The van der Waals surface area contributed by atoms with Gasteiger partial charge in [-0.2, -0.15) is 0 Å². The highest BCUT2D eigenvalue weighted by Crippen LogP contribution is 2.33. The van der Waals surface area contributed by atoms with Gasteiger partial charge >= 0.3 is 0 Å². The fourth-order valence-electron chi connectivity index (χ4n) is 2.51. The van der Waals surface area contributed by atoms with Gasteiger partial charge in [0.25, 0.3) is 0 Å². The Labute approximate surface area is 121 Å². The van der Waals surface area contributed by atoms with Crippen LogP contribution in [0.2, 0.25) is 0 Å². The molecule has 1 aromatic carbocycles. The molecule has 1 N–H and O–H groups in total. The van der Waals surface area contributed by atoms with Gasteiger partial charge in [0, 0.05) is 20.1 Å². The number of nitrogens with one attached hydrogen (secondary N) is 1. The highest BCUT2D eigenvalue weighted by Gasteiger charge is 2.47.